The van der Waals surface area contributed by atoms with Gasteiger partial charge in [-0.3, -0.25) is 19.2 Å². The molecular weight excluding hydrogens is 368 g/mol. The van der Waals surface area contributed by atoms with Gasteiger partial charge in [0.2, 0.25) is 5.95 Å². The monoisotopic (exact) mass is 396 g/mol. The second-order valence-corrected chi connectivity index (χ2v) is 7.84. The lowest BCUT2D eigenvalue weighted by molar-refractivity contribution is 0.247. The highest BCUT2D eigenvalue weighted by Gasteiger charge is 2.24. The summed E-state index contributed by atoms with van der Waals surface area (Å²) in [5.74, 6) is 0.764. The number of piperazine rings is 1. The molecule has 1 aliphatic rings. The molecule has 1 aliphatic heterocycles. The molecule has 0 atom stereocenters. The minimum absolute atomic E-state index is 0.378. The zero-order chi connectivity index (χ0) is 20.7. The van der Waals surface area contributed by atoms with E-state index in [4.69, 9.17) is 0 Å². The van der Waals surface area contributed by atoms with Crippen LogP contribution < -0.4 is 16.1 Å². The Morgan fingerprint density at radius 2 is 1.83 bits per heavy atom. The van der Waals surface area contributed by atoms with Crippen molar-refractivity contribution in [2.45, 2.75) is 33.9 Å². The van der Waals surface area contributed by atoms with Gasteiger partial charge in [0.15, 0.2) is 11.2 Å². The molecule has 1 saturated heterocycles. The summed E-state index contributed by atoms with van der Waals surface area (Å²) in [5.41, 5.74) is 4.07. The van der Waals surface area contributed by atoms with Crippen LogP contribution in [0, 0.1) is 13.8 Å². The number of H-pyrrole nitrogens is 1. The first-order valence-corrected chi connectivity index (χ1v) is 10.1. The number of benzene rings is 1. The van der Waals surface area contributed by atoms with E-state index in [9.17, 15) is 9.59 Å². The van der Waals surface area contributed by atoms with E-state index in [0.717, 1.165) is 38.7 Å². The molecule has 0 amide bonds. The topological polar surface area (TPSA) is 79.2 Å². The SMILES string of the molecule is CCn1c(N2CCN(Cc3cc(C)ccc3C)CC2)nc2c1c(=O)[nH]c(=O)n2C. The third kappa shape index (κ3) is 3.48. The summed E-state index contributed by atoms with van der Waals surface area (Å²) in [5, 5.41) is 0. The van der Waals surface area contributed by atoms with Crippen molar-refractivity contribution < 1.29 is 0 Å². The Hall–Kier alpha value is -2.87. The van der Waals surface area contributed by atoms with Crippen molar-refractivity contribution in [1.82, 2.24) is 24.0 Å². The van der Waals surface area contributed by atoms with Crippen molar-refractivity contribution in [3.63, 3.8) is 0 Å². The van der Waals surface area contributed by atoms with E-state index in [0.29, 0.717) is 17.7 Å². The van der Waals surface area contributed by atoms with Gasteiger partial charge in [-0.1, -0.05) is 23.8 Å². The van der Waals surface area contributed by atoms with Gasteiger partial charge in [-0.05, 0) is 31.9 Å². The van der Waals surface area contributed by atoms with Crippen LogP contribution in [0.5, 0.6) is 0 Å². The second-order valence-electron chi connectivity index (χ2n) is 7.84. The van der Waals surface area contributed by atoms with E-state index in [-0.39, 0.29) is 5.56 Å². The number of fused-ring (bicyclic) bond motifs is 1. The molecule has 154 valence electrons. The van der Waals surface area contributed by atoms with Crippen LogP contribution in [0.2, 0.25) is 0 Å². The Balaban J connectivity index is 1.57. The molecule has 2 aromatic heterocycles. The Morgan fingerprint density at radius 3 is 2.52 bits per heavy atom. The number of hydrogen-bond acceptors (Lipinski definition) is 5. The Bertz CT molecular complexity index is 1160. The van der Waals surface area contributed by atoms with Crippen LogP contribution >= 0.6 is 0 Å². The predicted molar refractivity (Wildman–Crippen MR) is 115 cm³/mol. The minimum Gasteiger partial charge on any atom is -0.340 e. The Kier molecular flexibility index (Phi) is 5.04. The van der Waals surface area contributed by atoms with Gasteiger partial charge in [-0.15, -0.1) is 0 Å². The number of aromatic nitrogens is 4. The van der Waals surface area contributed by atoms with Crippen molar-refractivity contribution in [2.75, 3.05) is 31.1 Å². The first-order chi connectivity index (χ1) is 13.9. The zero-order valence-electron chi connectivity index (χ0n) is 17.5. The molecular formula is C21H28N6O2. The average molecular weight is 396 g/mol. The lowest BCUT2D eigenvalue weighted by Crippen LogP contribution is -2.47. The summed E-state index contributed by atoms with van der Waals surface area (Å²) in [7, 11) is 1.64. The summed E-state index contributed by atoms with van der Waals surface area (Å²) in [6.45, 7) is 11.4. The van der Waals surface area contributed by atoms with Crippen molar-refractivity contribution >= 4 is 17.1 Å². The molecule has 0 spiro atoms. The minimum atomic E-state index is -0.437. The van der Waals surface area contributed by atoms with E-state index in [2.05, 4.69) is 51.8 Å². The van der Waals surface area contributed by atoms with Crippen LogP contribution in [0.25, 0.3) is 11.2 Å². The van der Waals surface area contributed by atoms with Gasteiger partial charge in [-0.25, -0.2) is 4.79 Å². The van der Waals surface area contributed by atoms with Gasteiger partial charge < -0.3 is 9.47 Å². The van der Waals surface area contributed by atoms with E-state index >= 15 is 0 Å². The lowest BCUT2D eigenvalue weighted by Gasteiger charge is -2.35. The molecule has 8 heteroatoms. The number of anilines is 1. The molecule has 3 aromatic rings. The molecule has 1 fully saturated rings. The number of rotatable bonds is 4. The van der Waals surface area contributed by atoms with Crippen molar-refractivity contribution in [3.8, 4) is 0 Å². The molecule has 0 unspecified atom stereocenters. The largest absolute Gasteiger partial charge is 0.340 e. The molecule has 8 nitrogen and oxygen atoms in total. The highest BCUT2D eigenvalue weighted by atomic mass is 16.2. The van der Waals surface area contributed by atoms with Crippen LogP contribution in [-0.2, 0) is 20.1 Å². The molecule has 29 heavy (non-hydrogen) atoms. The number of imidazole rings is 1. The highest BCUT2D eigenvalue weighted by molar-refractivity contribution is 5.74. The first kappa shape index (κ1) is 19.4. The summed E-state index contributed by atoms with van der Waals surface area (Å²) in [6.07, 6.45) is 0. The summed E-state index contributed by atoms with van der Waals surface area (Å²) >= 11 is 0. The van der Waals surface area contributed by atoms with Gasteiger partial charge in [0.25, 0.3) is 5.56 Å². The molecule has 4 rings (SSSR count). The fourth-order valence-electron chi connectivity index (χ4n) is 4.08. The zero-order valence-corrected chi connectivity index (χ0v) is 17.5. The number of nitrogens with one attached hydrogen (secondary N) is 1. The number of hydrogen-bond donors (Lipinski definition) is 1. The molecule has 1 aromatic carbocycles. The van der Waals surface area contributed by atoms with Crippen LogP contribution in [0.15, 0.2) is 27.8 Å². The normalized spacial score (nSPS) is 15.4. The van der Waals surface area contributed by atoms with Gasteiger partial charge in [0.1, 0.15) is 0 Å². The first-order valence-electron chi connectivity index (χ1n) is 10.1. The molecule has 0 bridgehead atoms. The maximum Gasteiger partial charge on any atom is 0.329 e. The van der Waals surface area contributed by atoms with Gasteiger partial charge in [0.05, 0.1) is 0 Å². The van der Waals surface area contributed by atoms with E-state index in [1.165, 1.54) is 21.3 Å². The average Bonchev–Trinajstić information content (AvgIpc) is 3.10. The number of nitrogens with zero attached hydrogens (tertiary/aromatic N) is 5. The summed E-state index contributed by atoms with van der Waals surface area (Å²) in [6, 6.07) is 6.61. The van der Waals surface area contributed by atoms with Crippen molar-refractivity contribution in [3.05, 3.63) is 55.7 Å². The fourth-order valence-corrected chi connectivity index (χ4v) is 4.08. The quantitative estimate of drug-likeness (QED) is 0.721. The fraction of sp³-hybridized carbons (Fsp3) is 0.476. The standard InChI is InChI=1S/C21H28N6O2/c1-5-27-17-18(24(4)21(29)23-19(17)28)22-20(27)26-10-8-25(9-11-26)13-16-12-14(2)6-7-15(16)3/h6-7,12H,5,8-11,13H2,1-4H3,(H,23,28,29). The summed E-state index contributed by atoms with van der Waals surface area (Å²) in [4.78, 5) is 36.1. The molecule has 0 aliphatic carbocycles. The smallest absolute Gasteiger partial charge is 0.329 e. The van der Waals surface area contributed by atoms with Crippen LogP contribution in [0.1, 0.15) is 23.6 Å². The molecule has 1 N–H and O–H groups in total. The third-order valence-corrected chi connectivity index (χ3v) is 5.86. The van der Waals surface area contributed by atoms with Gasteiger partial charge >= 0.3 is 5.69 Å². The molecule has 3 heterocycles. The Morgan fingerprint density at radius 1 is 1.10 bits per heavy atom. The maximum atomic E-state index is 12.4. The highest BCUT2D eigenvalue weighted by Crippen LogP contribution is 2.22. The molecule has 0 radical (unpaired) electrons. The van der Waals surface area contributed by atoms with Crippen molar-refractivity contribution in [1.29, 1.82) is 0 Å². The van der Waals surface area contributed by atoms with Gasteiger partial charge in [0, 0.05) is 46.3 Å². The second kappa shape index (κ2) is 7.51. The van der Waals surface area contributed by atoms with Crippen LogP contribution in [-0.4, -0.2) is 50.2 Å². The van der Waals surface area contributed by atoms with Crippen LogP contribution in [0.4, 0.5) is 5.95 Å². The van der Waals surface area contributed by atoms with E-state index in [1.54, 1.807) is 7.05 Å². The van der Waals surface area contributed by atoms with Gasteiger partial charge in [-0.2, -0.15) is 4.98 Å². The predicted octanol–water partition coefficient (Wildman–Crippen LogP) is 1.38. The van der Waals surface area contributed by atoms with E-state index in [1.807, 2.05) is 11.5 Å². The molecule has 0 saturated carbocycles. The lowest BCUT2D eigenvalue weighted by atomic mass is 10.0. The van der Waals surface area contributed by atoms with Crippen LogP contribution in [0.3, 0.4) is 0 Å². The third-order valence-electron chi connectivity index (χ3n) is 5.86. The van der Waals surface area contributed by atoms with E-state index < -0.39 is 5.69 Å². The number of aryl methyl sites for hydroxylation is 4. The number of aromatic amines is 1. The maximum absolute atomic E-state index is 12.4. The van der Waals surface area contributed by atoms with Crippen molar-refractivity contribution in [2.24, 2.45) is 7.05 Å². The summed E-state index contributed by atoms with van der Waals surface area (Å²) < 4.78 is 3.32. The Labute approximate surface area is 169 Å².